The number of benzene rings is 1. The Labute approximate surface area is 103 Å². The van der Waals surface area contributed by atoms with Crippen molar-refractivity contribution in [3.63, 3.8) is 0 Å². The number of methoxy groups -OCH3 is 1. The summed E-state index contributed by atoms with van der Waals surface area (Å²) in [7, 11) is 1.73. The molecule has 0 saturated carbocycles. The minimum atomic E-state index is 0.0680. The highest BCUT2D eigenvalue weighted by Gasteiger charge is 2.41. The van der Waals surface area contributed by atoms with Crippen LogP contribution >= 0.6 is 0 Å². The molecule has 1 saturated heterocycles. The zero-order chi connectivity index (χ0) is 12.5. The first-order chi connectivity index (χ1) is 8.13. The average Bonchev–Trinajstić information content (AvgIpc) is 2.27. The molecular weight excluding hydrogens is 214 g/mol. The van der Waals surface area contributed by atoms with Crippen LogP contribution in [-0.2, 0) is 10.2 Å². The molecule has 1 heterocycles. The van der Waals surface area contributed by atoms with Gasteiger partial charge in [-0.1, -0.05) is 6.07 Å². The van der Waals surface area contributed by atoms with E-state index in [1.54, 1.807) is 7.11 Å². The van der Waals surface area contributed by atoms with Crippen molar-refractivity contribution in [2.45, 2.75) is 25.7 Å². The van der Waals surface area contributed by atoms with Crippen LogP contribution in [0.2, 0.25) is 0 Å². The molecule has 1 fully saturated rings. The summed E-state index contributed by atoms with van der Waals surface area (Å²) in [5.41, 5.74) is 9.60. The van der Waals surface area contributed by atoms with E-state index in [9.17, 15) is 0 Å². The number of nitrogens with two attached hydrogens (primary N) is 1. The molecule has 0 unspecified atom stereocenters. The number of rotatable bonds is 4. The third kappa shape index (κ3) is 2.05. The SMILES string of the molecule is COc1cc(C)c(C)cc1C1(CCN)COC1. The van der Waals surface area contributed by atoms with Gasteiger partial charge in [0.2, 0.25) is 0 Å². The molecule has 0 atom stereocenters. The smallest absolute Gasteiger partial charge is 0.123 e. The lowest BCUT2D eigenvalue weighted by atomic mass is 9.74. The van der Waals surface area contributed by atoms with Crippen molar-refractivity contribution in [2.24, 2.45) is 5.73 Å². The normalized spacial score (nSPS) is 17.6. The van der Waals surface area contributed by atoms with Gasteiger partial charge in [-0.15, -0.1) is 0 Å². The number of aryl methyl sites for hydroxylation is 2. The molecule has 0 spiro atoms. The Bertz CT molecular complexity index is 411. The van der Waals surface area contributed by atoms with Crippen molar-refractivity contribution < 1.29 is 9.47 Å². The number of hydrogen-bond donors (Lipinski definition) is 1. The Morgan fingerprint density at radius 1 is 1.29 bits per heavy atom. The Kier molecular flexibility index (Phi) is 3.40. The lowest BCUT2D eigenvalue weighted by Gasteiger charge is -2.42. The Balaban J connectivity index is 2.45. The fourth-order valence-electron chi connectivity index (χ4n) is 2.43. The van der Waals surface area contributed by atoms with E-state index in [4.69, 9.17) is 15.2 Å². The first-order valence-corrected chi connectivity index (χ1v) is 6.06. The zero-order valence-electron chi connectivity index (χ0n) is 10.9. The van der Waals surface area contributed by atoms with Crippen LogP contribution in [0.5, 0.6) is 5.75 Å². The predicted octanol–water partition coefficient (Wildman–Crippen LogP) is 1.93. The Hall–Kier alpha value is -1.06. The second kappa shape index (κ2) is 4.67. The fraction of sp³-hybridized carbons (Fsp3) is 0.571. The van der Waals surface area contributed by atoms with Crippen LogP contribution in [0.1, 0.15) is 23.1 Å². The predicted molar refractivity (Wildman–Crippen MR) is 68.6 cm³/mol. The van der Waals surface area contributed by atoms with Gasteiger partial charge in [-0.05, 0) is 44.0 Å². The van der Waals surface area contributed by atoms with E-state index in [0.29, 0.717) is 6.54 Å². The molecule has 0 amide bonds. The molecule has 94 valence electrons. The molecule has 2 rings (SSSR count). The van der Waals surface area contributed by atoms with Gasteiger partial charge >= 0.3 is 0 Å². The van der Waals surface area contributed by atoms with Crippen molar-refractivity contribution in [3.05, 3.63) is 28.8 Å². The van der Waals surface area contributed by atoms with Crippen LogP contribution in [0.15, 0.2) is 12.1 Å². The third-order valence-electron chi connectivity index (χ3n) is 3.77. The molecule has 1 aliphatic rings. The Morgan fingerprint density at radius 2 is 1.94 bits per heavy atom. The van der Waals surface area contributed by atoms with Gasteiger partial charge in [0.15, 0.2) is 0 Å². The van der Waals surface area contributed by atoms with E-state index >= 15 is 0 Å². The number of hydrogen-bond acceptors (Lipinski definition) is 3. The van der Waals surface area contributed by atoms with E-state index in [-0.39, 0.29) is 5.41 Å². The molecule has 0 aromatic heterocycles. The average molecular weight is 235 g/mol. The molecular formula is C14H21NO2. The van der Waals surface area contributed by atoms with Gasteiger partial charge in [0.25, 0.3) is 0 Å². The van der Waals surface area contributed by atoms with E-state index in [0.717, 1.165) is 25.4 Å². The van der Waals surface area contributed by atoms with Crippen molar-refractivity contribution in [3.8, 4) is 5.75 Å². The maximum Gasteiger partial charge on any atom is 0.123 e. The monoisotopic (exact) mass is 235 g/mol. The van der Waals surface area contributed by atoms with Crippen LogP contribution in [0.4, 0.5) is 0 Å². The van der Waals surface area contributed by atoms with Gasteiger partial charge in [0.05, 0.1) is 20.3 Å². The van der Waals surface area contributed by atoms with Crippen LogP contribution in [0.25, 0.3) is 0 Å². The highest BCUT2D eigenvalue weighted by atomic mass is 16.5. The van der Waals surface area contributed by atoms with Gasteiger partial charge < -0.3 is 15.2 Å². The quantitative estimate of drug-likeness (QED) is 0.867. The van der Waals surface area contributed by atoms with E-state index in [1.807, 2.05) is 0 Å². The van der Waals surface area contributed by atoms with Crippen molar-refractivity contribution in [2.75, 3.05) is 26.9 Å². The molecule has 0 radical (unpaired) electrons. The summed E-state index contributed by atoms with van der Waals surface area (Å²) >= 11 is 0. The fourth-order valence-corrected chi connectivity index (χ4v) is 2.43. The summed E-state index contributed by atoms with van der Waals surface area (Å²) in [6.07, 6.45) is 0.950. The van der Waals surface area contributed by atoms with E-state index in [1.165, 1.54) is 16.7 Å². The van der Waals surface area contributed by atoms with Gasteiger partial charge in [-0.3, -0.25) is 0 Å². The largest absolute Gasteiger partial charge is 0.496 e. The molecule has 0 bridgehead atoms. The molecule has 1 aliphatic heterocycles. The summed E-state index contributed by atoms with van der Waals surface area (Å²) in [6.45, 7) is 6.42. The summed E-state index contributed by atoms with van der Waals surface area (Å²) < 4.78 is 10.9. The summed E-state index contributed by atoms with van der Waals surface area (Å²) in [4.78, 5) is 0. The standard InChI is InChI=1S/C14H21NO2/c1-10-6-12(13(16-3)7-11(10)2)14(4-5-15)8-17-9-14/h6-7H,4-5,8-9,15H2,1-3H3. The molecule has 17 heavy (non-hydrogen) atoms. The van der Waals surface area contributed by atoms with Gasteiger partial charge in [0, 0.05) is 11.0 Å². The highest BCUT2D eigenvalue weighted by Crippen LogP contribution is 2.41. The van der Waals surface area contributed by atoms with Crippen LogP contribution < -0.4 is 10.5 Å². The molecule has 1 aromatic rings. The van der Waals surface area contributed by atoms with Gasteiger partial charge in [0.1, 0.15) is 5.75 Å². The van der Waals surface area contributed by atoms with Crippen LogP contribution in [-0.4, -0.2) is 26.9 Å². The molecule has 1 aromatic carbocycles. The minimum absolute atomic E-state index is 0.0680. The third-order valence-corrected chi connectivity index (χ3v) is 3.77. The summed E-state index contributed by atoms with van der Waals surface area (Å²) in [5, 5.41) is 0. The van der Waals surface area contributed by atoms with Crippen molar-refractivity contribution in [1.29, 1.82) is 0 Å². The number of ether oxygens (including phenoxy) is 2. The highest BCUT2D eigenvalue weighted by molar-refractivity contribution is 5.47. The Morgan fingerprint density at radius 3 is 2.41 bits per heavy atom. The second-order valence-electron chi connectivity index (χ2n) is 4.95. The lowest BCUT2D eigenvalue weighted by molar-refractivity contribution is -0.0640. The van der Waals surface area contributed by atoms with Gasteiger partial charge in [-0.25, -0.2) is 0 Å². The summed E-state index contributed by atoms with van der Waals surface area (Å²) in [6, 6.07) is 4.34. The second-order valence-corrected chi connectivity index (χ2v) is 4.95. The summed E-state index contributed by atoms with van der Waals surface area (Å²) in [5.74, 6) is 0.963. The van der Waals surface area contributed by atoms with Gasteiger partial charge in [-0.2, -0.15) is 0 Å². The molecule has 0 aliphatic carbocycles. The molecule has 2 N–H and O–H groups in total. The van der Waals surface area contributed by atoms with Crippen molar-refractivity contribution in [1.82, 2.24) is 0 Å². The first kappa shape index (κ1) is 12.4. The maximum absolute atomic E-state index is 5.72. The van der Waals surface area contributed by atoms with E-state index < -0.39 is 0 Å². The molecule has 3 nitrogen and oxygen atoms in total. The van der Waals surface area contributed by atoms with Crippen molar-refractivity contribution >= 4 is 0 Å². The van der Waals surface area contributed by atoms with Crippen LogP contribution in [0, 0.1) is 13.8 Å². The first-order valence-electron chi connectivity index (χ1n) is 6.06. The molecule has 3 heteroatoms. The van der Waals surface area contributed by atoms with Crippen LogP contribution in [0.3, 0.4) is 0 Å². The lowest BCUT2D eigenvalue weighted by Crippen LogP contribution is -2.48. The topological polar surface area (TPSA) is 44.5 Å². The maximum atomic E-state index is 5.72. The van der Waals surface area contributed by atoms with E-state index in [2.05, 4.69) is 26.0 Å². The zero-order valence-corrected chi connectivity index (χ0v) is 10.9. The minimum Gasteiger partial charge on any atom is -0.496 e.